The van der Waals surface area contributed by atoms with Crippen LogP contribution in [0.15, 0.2) is 57.4 Å². The second kappa shape index (κ2) is 10.1. The van der Waals surface area contributed by atoms with Crippen molar-refractivity contribution in [3.63, 3.8) is 0 Å². The Kier molecular flexibility index (Phi) is 7.47. The molecule has 0 bridgehead atoms. The quantitative estimate of drug-likeness (QED) is 0.302. The summed E-state index contributed by atoms with van der Waals surface area (Å²) < 4.78 is 30.5. The van der Waals surface area contributed by atoms with Gasteiger partial charge < -0.3 is 19.4 Å². The zero-order chi connectivity index (χ0) is 21.6. The highest BCUT2D eigenvalue weighted by Gasteiger charge is 2.35. The molecule has 0 unspecified atom stereocenters. The number of oxime groups is 1. The molecule has 30 heavy (non-hydrogen) atoms. The molecule has 1 heterocycles. The molecule has 6 nitrogen and oxygen atoms in total. The third kappa shape index (κ3) is 5.00. The van der Waals surface area contributed by atoms with Gasteiger partial charge >= 0.3 is 5.97 Å². The lowest BCUT2D eigenvalue weighted by Gasteiger charge is -2.36. The molecule has 2 aromatic rings. The lowest BCUT2D eigenvalue weighted by molar-refractivity contribution is -0.135. The highest BCUT2D eigenvalue weighted by atomic mass is 32.2. The van der Waals surface area contributed by atoms with Crippen LogP contribution in [-0.4, -0.2) is 43.8 Å². The van der Waals surface area contributed by atoms with Crippen molar-refractivity contribution in [2.24, 2.45) is 5.16 Å². The van der Waals surface area contributed by atoms with Crippen molar-refractivity contribution < 1.29 is 28.6 Å². The number of esters is 1. The summed E-state index contributed by atoms with van der Waals surface area (Å²) in [5, 5.41) is 12.2. The molecule has 0 radical (unpaired) electrons. The van der Waals surface area contributed by atoms with Gasteiger partial charge in [0.25, 0.3) is 0 Å². The number of carbonyl (C=O) groups excluding carboxylic acids is 1. The molecule has 2 aromatic carbocycles. The molecule has 0 spiro atoms. The number of nitrogens with zero attached hydrogens (tertiary/aromatic N) is 1. The zero-order valence-corrected chi connectivity index (χ0v) is 17.7. The highest BCUT2D eigenvalue weighted by molar-refractivity contribution is 7.99. The fourth-order valence-corrected chi connectivity index (χ4v) is 4.33. The van der Waals surface area contributed by atoms with E-state index in [1.54, 1.807) is 38.3 Å². The number of rotatable bonds is 7. The van der Waals surface area contributed by atoms with Crippen molar-refractivity contribution in [1.82, 2.24) is 0 Å². The van der Waals surface area contributed by atoms with Gasteiger partial charge in [-0.25, -0.2) is 9.18 Å². The first-order valence-electron chi connectivity index (χ1n) is 9.63. The van der Waals surface area contributed by atoms with E-state index in [9.17, 15) is 9.18 Å². The summed E-state index contributed by atoms with van der Waals surface area (Å²) in [6, 6.07) is 11.8. The van der Waals surface area contributed by atoms with Crippen LogP contribution in [-0.2, 0) is 24.6 Å². The lowest BCUT2D eigenvalue weighted by Crippen LogP contribution is -2.35. The van der Waals surface area contributed by atoms with Crippen LogP contribution in [0.2, 0.25) is 0 Å². The standard InChI is InChI=1S/C22H24FNO5S/c1-3-29-21(25)20(24-26)15-4-6-18(7-5-15)30-19-13-16(12-17(23)14-19)22(27-2)8-10-28-11-9-22/h4-7,12-14,26H,3,8-11H2,1-2H3. The van der Waals surface area contributed by atoms with E-state index >= 15 is 0 Å². The van der Waals surface area contributed by atoms with Crippen molar-refractivity contribution in [3.05, 3.63) is 59.4 Å². The fraction of sp³-hybridized carbons (Fsp3) is 0.364. The summed E-state index contributed by atoms with van der Waals surface area (Å²) in [7, 11) is 1.64. The number of ether oxygens (including phenoxy) is 3. The van der Waals surface area contributed by atoms with E-state index in [1.165, 1.54) is 23.9 Å². The third-order valence-electron chi connectivity index (χ3n) is 5.02. The Hall–Kier alpha value is -2.42. The van der Waals surface area contributed by atoms with Crippen molar-refractivity contribution in [2.45, 2.75) is 35.2 Å². The Morgan fingerprint density at radius 2 is 1.90 bits per heavy atom. The van der Waals surface area contributed by atoms with E-state index in [4.69, 9.17) is 19.4 Å². The maximum absolute atomic E-state index is 14.4. The summed E-state index contributed by atoms with van der Waals surface area (Å²) in [6.07, 6.45) is 1.34. The van der Waals surface area contributed by atoms with Crippen LogP contribution in [0.4, 0.5) is 4.39 Å². The molecular formula is C22H24FNO5S. The van der Waals surface area contributed by atoms with Crippen molar-refractivity contribution in [2.75, 3.05) is 26.9 Å². The molecule has 0 aromatic heterocycles. The van der Waals surface area contributed by atoms with Crippen molar-refractivity contribution in [1.29, 1.82) is 0 Å². The van der Waals surface area contributed by atoms with Crippen molar-refractivity contribution >= 4 is 23.4 Å². The number of halogens is 1. The summed E-state index contributed by atoms with van der Waals surface area (Å²) in [4.78, 5) is 13.4. The van der Waals surface area contributed by atoms with Crippen LogP contribution in [0.3, 0.4) is 0 Å². The van der Waals surface area contributed by atoms with Gasteiger partial charge in [-0.3, -0.25) is 0 Å². The molecule has 1 aliphatic rings. The molecule has 0 saturated carbocycles. The predicted octanol–water partition coefficient (Wildman–Crippen LogP) is 4.37. The normalized spacial score (nSPS) is 16.3. The van der Waals surface area contributed by atoms with E-state index < -0.39 is 11.6 Å². The number of hydrogen-bond acceptors (Lipinski definition) is 7. The van der Waals surface area contributed by atoms with Gasteiger partial charge in [0.2, 0.25) is 0 Å². The largest absolute Gasteiger partial charge is 0.461 e. The van der Waals surface area contributed by atoms with Gasteiger partial charge in [-0.15, -0.1) is 0 Å². The van der Waals surface area contributed by atoms with E-state index in [-0.39, 0.29) is 18.1 Å². The number of methoxy groups -OCH3 is 1. The third-order valence-corrected chi connectivity index (χ3v) is 6.00. The Labute approximate surface area is 179 Å². The Bertz CT molecular complexity index is 910. The smallest absolute Gasteiger partial charge is 0.361 e. The van der Waals surface area contributed by atoms with Crippen LogP contribution in [0.25, 0.3) is 0 Å². The SMILES string of the molecule is CCOC(=O)C(=NO)c1ccc(Sc2cc(F)cc(C3(OC)CCOCC3)c2)cc1. The van der Waals surface area contributed by atoms with Crippen molar-refractivity contribution in [3.8, 4) is 0 Å². The van der Waals surface area contributed by atoms with Crippen LogP contribution >= 0.6 is 11.8 Å². The minimum absolute atomic E-state index is 0.164. The zero-order valence-electron chi connectivity index (χ0n) is 16.9. The van der Waals surface area contributed by atoms with Crippen LogP contribution in [0, 0.1) is 5.82 Å². The molecule has 3 rings (SSSR count). The molecule has 160 valence electrons. The first-order valence-corrected chi connectivity index (χ1v) is 10.4. The average molecular weight is 434 g/mol. The number of hydrogen-bond donors (Lipinski definition) is 1. The minimum Gasteiger partial charge on any atom is -0.461 e. The fourth-order valence-electron chi connectivity index (χ4n) is 3.43. The number of carbonyl (C=O) groups is 1. The molecule has 1 saturated heterocycles. The Morgan fingerprint density at radius 1 is 1.20 bits per heavy atom. The molecule has 8 heteroatoms. The molecule has 1 aliphatic heterocycles. The lowest BCUT2D eigenvalue weighted by atomic mass is 9.86. The average Bonchev–Trinajstić information content (AvgIpc) is 2.76. The van der Waals surface area contributed by atoms with Crippen LogP contribution < -0.4 is 0 Å². The summed E-state index contributed by atoms with van der Waals surface area (Å²) >= 11 is 1.39. The molecule has 1 fully saturated rings. The van der Waals surface area contributed by atoms with Crippen LogP contribution in [0.1, 0.15) is 30.9 Å². The topological polar surface area (TPSA) is 77.4 Å². The molecule has 0 aliphatic carbocycles. The second-order valence-electron chi connectivity index (χ2n) is 6.78. The van der Waals surface area contributed by atoms with E-state index in [2.05, 4.69) is 5.16 Å². The van der Waals surface area contributed by atoms with E-state index in [0.717, 1.165) is 15.4 Å². The number of benzene rings is 2. The van der Waals surface area contributed by atoms with Crippen LogP contribution in [0.5, 0.6) is 0 Å². The second-order valence-corrected chi connectivity index (χ2v) is 7.93. The monoisotopic (exact) mass is 433 g/mol. The first-order chi connectivity index (χ1) is 14.5. The van der Waals surface area contributed by atoms with Gasteiger partial charge in [0.1, 0.15) is 5.82 Å². The Morgan fingerprint density at radius 3 is 2.50 bits per heavy atom. The van der Waals surface area contributed by atoms with Gasteiger partial charge in [0.05, 0.1) is 12.2 Å². The Balaban J connectivity index is 1.81. The van der Waals surface area contributed by atoms with Gasteiger partial charge in [-0.2, -0.15) is 0 Å². The van der Waals surface area contributed by atoms with Gasteiger partial charge in [0.15, 0.2) is 5.71 Å². The highest BCUT2D eigenvalue weighted by Crippen LogP contribution is 2.38. The van der Waals surface area contributed by atoms with E-state index in [0.29, 0.717) is 31.6 Å². The summed E-state index contributed by atoms with van der Waals surface area (Å²) in [6.45, 7) is 3.00. The summed E-state index contributed by atoms with van der Waals surface area (Å²) in [5.41, 5.74) is 0.513. The van der Waals surface area contributed by atoms with E-state index in [1.807, 2.05) is 6.07 Å². The maximum Gasteiger partial charge on any atom is 0.361 e. The van der Waals surface area contributed by atoms with Gasteiger partial charge in [0, 0.05) is 48.5 Å². The maximum atomic E-state index is 14.4. The first kappa shape index (κ1) is 22.3. The summed E-state index contributed by atoms with van der Waals surface area (Å²) in [5.74, 6) is -1.02. The molecule has 0 atom stereocenters. The minimum atomic E-state index is -0.698. The van der Waals surface area contributed by atoms with Gasteiger partial charge in [-0.05, 0) is 42.8 Å². The molecular weight excluding hydrogens is 409 g/mol. The molecule has 1 N–H and O–H groups in total. The van der Waals surface area contributed by atoms with Gasteiger partial charge in [-0.1, -0.05) is 29.1 Å². The predicted molar refractivity (Wildman–Crippen MR) is 111 cm³/mol. The molecule has 0 amide bonds.